The molecule has 1 heterocycles. The van der Waals surface area contributed by atoms with Gasteiger partial charge in [-0.15, -0.1) is 0 Å². The van der Waals surface area contributed by atoms with Gasteiger partial charge in [-0.05, 0) is 55.4 Å². The summed E-state index contributed by atoms with van der Waals surface area (Å²) in [6, 6.07) is 11.6. The van der Waals surface area contributed by atoms with Gasteiger partial charge in [-0.2, -0.15) is 0 Å². The summed E-state index contributed by atoms with van der Waals surface area (Å²) >= 11 is 0. The van der Waals surface area contributed by atoms with Crippen LogP contribution in [0.1, 0.15) is 85.8 Å². The third-order valence-corrected chi connectivity index (χ3v) is 7.07. The van der Waals surface area contributed by atoms with Gasteiger partial charge in [-0.25, -0.2) is 4.98 Å². The monoisotopic (exact) mass is 548 g/mol. The van der Waals surface area contributed by atoms with Gasteiger partial charge in [0, 0.05) is 24.7 Å². The fourth-order valence-corrected chi connectivity index (χ4v) is 5.13. The molecule has 3 rings (SSSR count). The maximum Gasteiger partial charge on any atom is 0.307 e. The number of aromatic nitrogens is 2. The first-order chi connectivity index (χ1) is 19.3. The number of aryl methyl sites for hydroxylation is 4. The first-order valence-electron chi connectivity index (χ1n) is 14.5. The van der Waals surface area contributed by atoms with Gasteiger partial charge in [0.05, 0.1) is 25.3 Å². The number of nitrogens with zero attached hydrogens (tertiary/aromatic N) is 2. The maximum absolute atomic E-state index is 13.7. The molecule has 0 radical (unpaired) electrons. The Hall–Kier alpha value is -3.45. The molecule has 0 bridgehead atoms. The third kappa shape index (κ3) is 8.04. The first kappa shape index (κ1) is 31.1. The van der Waals surface area contributed by atoms with E-state index in [9.17, 15) is 14.7 Å². The number of methoxy groups -OCH3 is 1. The van der Waals surface area contributed by atoms with Crippen LogP contribution in [0.2, 0.25) is 0 Å². The Balaban J connectivity index is 2.11. The lowest BCUT2D eigenvalue weighted by atomic mass is 9.94. The van der Waals surface area contributed by atoms with Crippen molar-refractivity contribution in [3.05, 3.63) is 86.1 Å². The molecule has 7 nitrogen and oxygen atoms in total. The number of unbranched alkanes of at least 4 members (excludes halogenated alkanes) is 1. The normalized spacial score (nSPS) is 11.1. The zero-order valence-corrected chi connectivity index (χ0v) is 24.7. The lowest BCUT2D eigenvalue weighted by Crippen LogP contribution is -2.30. The smallest absolute Gasteiger partial charge is 0.307 e. The van der Waals surface area contributed by atoms with Crippen molar-refractivity contribution in [1.29, 1.82) is 0 Å². The molecule has 0 fully saturated rings. The van der Waals surface area contributed by atoms with E-state index in [1.807, 2.05) is 25.1 Å². The number of carbonyl (C=O) groups is 1. The van der Waals surface area contributed by atoms with Crippen molar-refractivity contribution in [3.8, 4) is 11.5 Å². The second-order valence-electron chi connectivity index (χ2n) is 10.3. The summed E-state index contributed by atoms with van der Waals surface area (Å²) in [4.78, 5) is 30.1. The van der Waals surface area contributed by atoms with Crippen LogP contribution >= 0.6 is 0 Å². The second-order valence-corrected chi connectivity index (χ2v) is 10.3. The van der Waals surface area contributed by atoms with Crippen molar-refractivity contribution in [2.24, 2.45) is 0 Å². The fourth-order valence-electron chi connectivity index (χ4n) is 5.13. The number of aliphatic carboxylic acids is 1. The van der Waals surface area contributed by atoms with E-state index in [-0.39, 0.29) is 12.0 Å². The van der Waals surface area contributed by atoms with Gasteiger partial charge in [-0.1, -0.05) is 70.4 Å². The maximum atomic E-state index is 13.7. The van der Waals surface area contributed by atoms with Crippen LogP contribution in [0.5, 0.6) is 11.5 Å². The molecule has 40 heavy (non-hydrogen) atoms. The summed E-state index contributed by atoms with van der Waals surface area (Å²) in [7, 11) is 1.64. The Kier molecular flexibility index (Phi) is 11.9. The number of benzene rings is 2. The van der Waals surface area contributed by atoms with E-state index in [4.69, 9.17) is 14.5 Å². The molecule has 0 atom stereocenters. The molecule has 0 spiro atoms. The highest BCUT2D eigenvalue weighted by molar-refractivity contribution is 5.71. The van der Waals surface area contributed by atoms with Crippen LogP contribution in [0.4, 0.5) is 0 Å². The number of hydrogen-bond acceptors (Lipinski definition) is 5. The zero-order chi connectivity index (χ0) is 29.1. The fraction of sp³-hybridized carbons (Fsp3) is 0.485. The molecule has 3 aromatic rings. The number of para-hydroxylation sites is 1. The molecule has 0 saturated carbocycles. The summed E-state index contributed by atoms with van der Waals surface area (Å²) in [5, 5.41) is 9.40. The molecular weight excluding hydrogens is 504 g/mol. The Morgan fingerprint density at radius 3 is 2.25 bits per heavy atom. The van der Waals surface area contributed by atoms with Crippen molar-refractivity contribution in [2.45, 2.75) is 92.0 Å². The molecule has 0 aliphatic carbocycles. The Morgan fingerprint density at radius 1 is 0.975 bits per heavy atom. The Labute approximate surface area is 238 Å². The minimum absolute atomic E-state index is 0.00709. The van der Waals surface area contributed by atoms with Crippen molar-refractivity contribution in [3.63, 3.8) is 0 Å². The van der Waals surface area contributed by atoms with E-state index in [1.54, 1.807) is 17.7 Å². The van der Waals surface area contributed by atoms with Crippen LogP contribution < -0.4 is 10.3 Å². The highest BCUT2D eigenvalue weighted by Gasteiger charge is 2.19. The van der Waals surface area contributed by atoms with Crippen LogP contribution in [0.15, 0.2) is 41.2 Å². The van der Waals surface area contributed by atoms with Crippen molar-refractivity contribution in [2.75, 3.05) is 13.7 Å². The molecule has 7 heteroatoms. The molecular formula is C33H44N2O5. The highest BCUT2D eigenvalue weighted by atomic mass is 16.5. The molecule has 0 aliphatic heterocycles. The van der Waals surface area contributed by atoms with Crippen LogP contribution in [0.3, 0.4) is 0 Å². The van der Waals surface area contributed by atoms with Gasteiger partial charge in [0.1, 0.15) is 17.3 Å². The number of rotatable bonds is 16. The van der Waals surface area contributed by atoms with Crippen molar-refractivity contribution in [1.82, 2.24) is 9.55 Å². The van der Waals surface area contributed by atoms with E-state index in [1.165, 1.54) is 0 Å². The number of ether oxygens (including phenoxy) is 2. The van der Waals surface area contributed by atoms with Gasteiger partial charge < -0.3 is 14.6 Å². The topological polar surface area (TPSA) is 90.7 Å². The van der Waals surface area contributed by atoms with E-state index in [0.717, 1.165) is 84.5 Å². The number of carboxylic acid groups (broad SMARTS) is 1. The lowest BCUT2D eigenvalue weighted by molar-refractivity contribution is -0.136. The zero-order valence-electron chi connectivity index (χ0n) is 24.7. The predicted molar refractivity (Wildman–Crippen MR) is 159 cm³/mol. The van der Waals surface area contributed by atoms with Crippen LogP contribution in [0, 0.1) is 6.92 Å². The molecule has 0 amide bonds. The van der Waals surface area contributed by atoms with Gasteiger partial charge in [-0.3, -0.25) is 14.2 Å². The van der Waals surface area contributed by atoms with Crippen molar-refractivity contribution < 1.29 is 19.4 Å². The van der Waals surface area contributed by atoms with Gasteiger partial charge in [0.15, 0.2) is 0 Å². The van der Waals surface area contributed by atoms with Gasteiger partial charge in [0.25, 0.3) is 5.56 Å². The molecule has 1 aromatic heterocycles. The molecule has 0 unspecified atom stereocenters. The van der Waals surface area contributed by atoms with E-state index >= 15 is 0 Å². The average molecular weight is 549 g/mol. The summed E-state index contributed by atoms with van der Waals surface area (Å²) in [5.74, 6) is 1.20. The van der Waals surface area contributed by atoms with Crippen LogP contribution in [-0.4, -0.2) is 34.3 Å². The highest BCUT2D eigenvalue weighted by Crippen LogP contribution is 2.35. The number of carboxylic acids is 1. The summed E-state index contributed by atoms with van der Waals surface area (Å²) < 4.78 is 13.5. The lowest BCUT2D eigenvalue weighted by Gasteiger charge is -2.20. The van der Waals surface area contributed by atoms with Crippen LogP contribution in [0.25, 0.3) is 0 Å². The summed E-state index contributed by atoms with van der Waals surface area (Å²) in [6.07, 6.45) is 6.67. The van der Waals surface area contributed by atoms with Crippen LogP contribution in [-0.2, 0) is 48.2 Å². The predicted octanol–water partition coefficient (Wildman–Crippen LogP) is 6.46. The van der Waals surface area contributed by atoms with E-state index in [0.29, 0.717) is 30.9 Å². The third-order valence-electron chi connectivity index (χ3n) is 7.07. The molecule has 216 valence electrons. The molecule has 2 aromatic carbocycles. The standard InChI is InChI=1S/C33H44N2O5/c1-6-9-15-29-28(33(38)35(17-18-39-5)23(4)34-29)21-24-19-26(12-7-2)32(27(20-24)13-8-3)40-30-16-11-10-14-25(30)22-31(36)37/h10-11,14,16,19-20H,6-9,12-13,15,17-18,21-22H2,1-5H3,(H,36,37). The molecule has 0 saturated heterocycles. The molecule has 0 aliphatic rings. The Bertz CT molecular complexity index is 1320. The van der Waals surface area contributed by atoms with Crippen molar-refractivity contribution >= 4 is 5.97 Å². The largest absolute Gasteiger partial charge is 0.481 e. The average Bonchev–Trinajstić information content (AvgIpc) is 2.92. The number of hydrogen-bond donors (Lipinski definition) is 1. The quantitative estimate of drug-likeness (QED) is 0.221. The van der Waals surface area contributed by atoms with E-state index in [2.05, 4.69) is 32.9 Å². The minimum Gasteiger partial charge on any atom is -0.481 e. The first-order valence-corrected chi connectivity index (χ1v) is 14.5. The minimum atomic E-state index is -0.893. The van der Waals surface area contributed by atoms with Gasteiger partial charge >= 0.3 is 5.97 Å². The second kappa shape index (κ2) is 15.4. The van der Waals surface area contributed by atoms with Gasteiger partial charge in [0.2, 0.25) is 0 Å². The Morgan fingerprint density at radius 2 is 1.65 bits per heavy atom. The summed E-state index contributed by atoms with van der Waals surface area (Å²) in [6.45, 7) is 9.23. The molecule has 1 N–H and O–H groups in total. The SMILES string of the molecule is CCCCc1nc(C)n(CCOC)c(=O)c1Cc1cc(CCC)c(Oc2ccccc2CC(=O)O)c(CCC)c1. The summed E-state index contributed by atoms with van der Waals surface area (Å²) in [5.41, 5.74) is 5.50. The van der Waals surface area contributed by atoms with E-state index < -0.39 is 5.97 Å².